The lowest BCUT2D eigenvalue weighted by Crippen LogP contribution is -2.38. The lowest BCUT2D eigenvalue weighted by Gasteiger charge is -2.11. The minimum atomic E-state index is -0.820. The maximum Gasteiger partial charge on any atom is 0.329 e. The van der Waals surface area contributed by atoms with Crippen LogP contribution in [-0.2, 0) is 16.0 Å². The van der Waals surface area contributed by atoms with Crippen LogP contribution in [0, 0.1) is 13.8 Å². The largest absolute Gasteiger partial charge is 0.347 e. The smallest absolute Gasteiger partial charge is 0.329 e. The van der Waals surface area contributed by atoms with Crippen molar-refractivity contribution < 1.29 is 9.59 Å². The van der Waals surface area contributed by atoms with Gasteiger partial charge in [-0.25, -0.2) is 5.43 Å². The Morgan fingerprint density at radius 3 is 2.48 bits per heavy atom. The van der Waals surface area contributed by atoms with E-state index in [1.165, 1.54) is 6.21 Å². The number of nitrogens with zero attached hydrogens (tertiary/aromatic N) is 2. The van der Waals surface area contributed by atoms with E-state index >= 15 is 0 Å². The summed E-state index contributed by atoms with van der Waals surface area (Å²) >= 11 is 12.3. The molecule has 6 nitrogen and oxygen atoms in total. The molecule has 31 heavy (non-hydrogen) atoms. The Morgan fingerprint density at radius 2 is 1.77 bits per heavy atom. The summed E-state index contributed by atoms with van der Waals surface area (Å²) in [6.45, 7) is 4.22. The summed E-state index contributed by atoms with van der Waals surface area (Å²) in [5, 5.41) is 7.59. The first kappa shape index (κ1) is 22.6. The van der Waals surface area contributed by atoms with Crippen molar-refractivity contribution in [1.29, 1.82) is 0 Å². The number of aryl methyl sites for hydroxylation is 1. The van der Waals surface area contributed by atoms with Crippen LogP contribution in [0.25, 0.3) is 5.69 Å². The molecule has 2 N–H and O–H groups in total. The second kappa shape index (κ2) is 10.3. The number of nitrogens with one attached hydrogen (secondary N) is 2. The average Bonchev–Trinajstić information content (AvgIpc) is 3.02. The molecule has 1 aromatic heterocycles. The molecule has 0 bridgehead atoms. The van der Waals surface area contributed by atoms with Crippen LogP contribution in [0.15, 0.2) is 59.7 Å². The quantitative estimate of drug-likeness (QED) is 0.331. The highest BCUT2D eigenvalue weighted by molar-refractivity contribution is 6.36. The summed E-state index contributed by atoms with van der Waals surface area (Å²) in [7, 11) is 0. The van der Waals surface area contributed by atoms with Crippen LogP contribution in [0.3, 0.4) is 0 Å². The third-order valence-corrected chi connectivity index (χ3v) is 5.28. The van der Waals surface area contributed by atoms with Crippen LogP contribution in [-0.4, -0.2) is 29.1 Å². The first-order valence-corrected chi connectivity index (χ1v) is 10.4. The summed E-state index contributed by atoms with van der Waals surface area (Å²) in [4.78, 5) is 23.9. The highest BCUT2D eigenvalue weighted by Crippen LogP contribution is 2.28. The van der Waals surface area contributed by atoms with Crippen molar-refractivity contribution in [2.45, 2.75) is 20.3 Å². The fourth-order valence-electron chi connectivity index (χ4n) is 3.21. The molecule has 2 aromatic carbocycles. The number of aromatic nitrogens is 1. The van der Waals surface area contributed by atoms with E-state index in [2.05, 4.69) is 15.8 Å². The van der Waals surface area contributed by atoms with Crippen molar-refractivity contribution in [3.63, 3.8) is 0 Å². The summed E-state index contributed by atoms with van der Waals surface area (Å²) in [6.07, 6.45) is 2.14. The number of hydrazone groups is 1. The van der Waals surface area contributed by atoms with Gasteiger partial charge in [0.15, 0.2) is 0 Å². The van der Waals surface area contributed by atoms with Gasteiger partial charge in [-0.15, -0.1) is 0 Å². The molecule has 0 saturated carbocycles. The summed E-state index contributed by atoms with van der Waals surface area (Å²) in [5.74, 6) is -1.55. The number of amides is 2. The zero-order valence-electron chi connectivity index (χ0n) is 17.2. The molecule has 0 unspecified atom stereocenters. The van der Waals surface area contributed by atoms with Gasteiger partial charge in [-0.3, -0.25) is 9.59 Å². The summed E-state index contributed by atoms with van der Waals surface area (Å²) < 4.78 is 1.97. The molecule has 1 heterocycles. The summed E-state index contributed by atoms with van der Waals surface area (Å²) in [5.41, 5.74) is 6.74. The predicted molar refractivity (Wildman–Crippen MR) is 124 cm³/mol. The molecular formula is C23H22Cl2N4O2. The fraction of sp³-hybridized carbons (Fsp3) is 0.174. The van der Waals surface area contributed by atoms with Gasteiger partial charge in [0.05, 0.1) is 16.9 Å². The van der Waals surface area contributed by atoms with E-state index in [-0.39, 0.29) is 0 Å². The van der Waals surface area contributed by atoms with Gasteiger partial charge in [0, 0.05) is 28.5 Å². The van der Waals surface area contributed by atoms with E-state index in [0.717, 1.165) is 28.2 Å². The van der Waals surface area contributed by atoms with Crippen molar-refractivity contribution in [3.05, 3.63) is 87.2 Å². The van der Waals surface area contributed by atoms with Crippen molar-refractivity contribution in [1.82, 2.24) is 15.3 Å². The minimum absolute atomic E-state index is 0.364. The zero-order valence-corrected chi connectivity index (χ0v) is 18.7. The minimum Gasteiger partial charge on any atom is -0.347 e. The van der Waals surface area contributed by atoms with E-state index in [0.29, 0.717) is 23.0 Å². The molecule has 0 aliphatic rings. The van der Waals surface area contributed by atoms with Crippen LogP contribution in [0.2, 0.25) is 10.0 Å². The van der Waals surface area contributed by atoms with Crippen LogP contribution in [0.1, 0.15) is 22.5 Å². The average molecular weight is 457 g/mol. The molecule has 0 radical (unpaired) electrons. The van der Waals surface area contributed by atoms with Gasteiger partial charge in [0.2, 0.25) is 0 Å². The van der Waals surface area contributed by atoms with Gasteiger partial charge in [-0.05, 0) is 50.1 Å². The predicted octanol–water partition coefficient (Wildman–Crippen LogP) is 4.21. The molecule has 0 fully saturated rings. The molecule has 3 rings (SSSR count). The first-order chi connectivity index (χ1) is 14.9. The van der Waals surface area contributed by atoms with Gasteiger partial charge < -0.3 is 9.88 Å². The molecule has 160 valence electrons. The monoisotopic (exact) mass is 456 g/mol. The molecule has 0 atom stereocenters. The molecule has 2 amide bonds. The van der Waals surface area contributed by atoms with Crippen LogP contribution >= 0.6 is 23.2 Å². The molecule has 3 aromatic rings. The first-order valence-electron chi connectivity index (χ1n) is 9.66. The number of hydrogen-bond acceptors (Lipinski definition) is 3. The highest BCUT2D eigenvalue weighted by atomic mass is 35.5. The molecule has 8 heteroatoms. The van der Waals surface area contributed by atoms with Crippen molar-refractivity contribution >= 4 is 41.2 Å². The maximum absolute atomic E-state index is 12.0. The topological polar surface area (TPSA) is 75.5 Å². The Hall–Kier alpha value is -3.09. The van der Waals surface area contributed by atoms with Gasteiger partial charge in [-0.1, -0.05) is 53.5 Å². The molecule has 0 aliphatic heterocycles. The van der Waals surface area contributed by atoms with Crippen molar-refractivity contribution in [2.75, 3.05) is 6.54 Å². The third-order valence-electron chi connectivity index (χ3n) is 4.74. The number of benzene rings is 2. The van der Waals surface area contributed by atoms with Gasteiger partial charge in [0.1, 0.15) is 0 Å². The zero-order chi connectivity index (χ0) is 22.4. The number of hydrogen-bond donors (Lipinski definition) is 2. The highest BCUT2D eigenvalue weighted by Gasteiger charge is 2.14. The van der Waals surface area contributed by atoms with Gasteiger partial charge in [0.25, 0.3) is 0 Å². The van der Waals surface area contributed by atoms with Crippen LogP contribution < -0.4 is 10.7 Å². The van der Waals surface area contributed by atoms with E-state index in [9.17, 15) is 9.59 Å². The summed E-state index contributed by atoms with van der Waals surface area (Å²) in [6, 6.07) is 16.9. The van der Waals surface area contributed by atoms with Crippen molar-refractivity contribution in [3.8, 4) is 5.69 Å². The number of rotatable bonds is 6. The number of carbonyl (C=O) groups excluding carboxylic acids is 2. The number of halogens is 2. The molecule has 0 saturated heterocycles. The lowest BCUT2D eigenvalue weighted by atomic mass is 10.1. The second-order valence-corrected chi connectivity index (χ2v) is 7.79. The van der Waals surface area contributed by atoms with E-state index in [1.807, 2.05) is 60.9 Å². The normalized spacial score (nSPS) is 11.0. The fourth-order valence-corrected chi connectivity index (χ4v) is 3.70. The van der Waals surface area contributed by atoms with E-state index < -0.39 is 11.8 Å². The molecule has 0 aliphatic carbocycles. The Kier molecular flexibility index (Phi) is 7.50. The Balaban J connectivity index is 1.59. The number of carbonyl (C=O) groups is 2. The van der Waals surface area contributed by atoms with Crippen LogP contribution in [0.4, 0.5) is 0 Å². The maximum atomic E-state index is 12.0. The Morgan fingerprint density at radius 1 is 1.03 bits per heavy atom. The Labute approximate surface area is 190 Å². The Bertz CT molecular complexity index is 1120. The van der Waals surface area contributed by atoms with Crippen molar-refractivity contribution in [2.24, 2.45) is 5.10 Å². The molecule has 0 spiro atoms. The van der Waals surface area contributed by atoms with E-state index in [1.54, 1.807) is 12.1 Å². The van der Waals surface area contributed by atoms with Crippen LogP contribution in [0.5, 0.6) is 0 Å². The van der Waals surface area contributed by atoms with E-state index in [4.69, 9.17) is 23.2 Å². The third kappa shape index (κ3) is 5.75. The van der Waals surface area contributed by atoms with Gasteiger partial charge in [-0.2, -0.15) is 5.10 Å². The SMILES string of the molecule is Cc1cc(/C=N\NC(=O)C(=O)NCCc2ccccc2)c(C)n1-c1ccc(Cl)cc1Cl. The molecular weight excluding hydrogens is 435 g/mol. The standard InChI is InChI=1S/C23H22Cl2N4O2/c1-15-12-18(16(2)29(15)21-9-8-19(24)13-20(21)25)14-27-28-23(31)22(30)26-11-10-17-6-4-3-5-7-17/h3-9,12-14H,10-11H2,1-2H3,(H,26,30)(H,28,31)/b27-14-. The second-order valence-electron chi connectivity index (χ2n) is 6.95. The lowest BCUT2D eigenvalue weighted by molar-refractivity contribution is -0.139. The van der Waals surface area contributed by atoms with Gasteiger partial charge >= 0.3 is 11.8 Å².